The summed E-state index contributed by atoms with van der Waals surface area (Å²) in [6, 6.07) is 9.90. The SMILES string of the molecule is C[C@@H]1CN(CC(=O)N2CC(C)(C)c3c2cc(Cc2ccc(F)cc2)c2cnc(C4CCOCC4)n32)[C@@H](CN2CCOC[C@H]2C)CN1. The number of halogens is 1. The highest BCUT2D eigenvalue weighted by atomic mass is 19.1. The van der Waals surface area contributed by atoms with Crippen molar-refractivity contribution in [2.45, 2.75) is 76.4 Å². The number of piperazine rings is 1. The smallest absolute Gasteiger partial charge is 0.241 e. The fourth-order valence-corrected chi connectivity index (χ4v) is 8.06. The second kappa shape index (κ2) is 13.0. The number of nitrogens with zero attached hydrogens (tertiary/aromatic N) is 5. The fourth-order valence-electron chi connectivity index (χ4n) is 8.06. The van der Waals surface area contributed by atoms with Crippen LogP contribution < -0.4 is 10.2 Å². The molecule has 3 atom stereocenters. The van der Waals surface area contributed by atoms with Crippen LogP contribution in [0.1, 0.15) is 69.1 Å². The standard InChI is InChI=1S/C36H49FN6O3/c1-24-19-41(30(17-38-24)20-40-11-14-46-22-25(40)2)21-33(44)42-23-36(3,4)34-31(42)16-28(15-26-5-7-29(37)8-6-26)32-18-39-35(43(32)34)27-9-12-45-13-10-27/h5-8,16,18,24-25,27,30,38H,9-15,17,19-23H2,1-4H3/t24-,25-,30-/m1/s1. The molecule has 3 aromatic rings. The molecule has 7 rings (SSSR count). The molecule has 3 fully saturated rings. The Morgan fingerprint density at radius 3 is 2.63 bits per heavy atom. The number of aromatic nitrogens is 2. The van der Waals surface area contributed by atoms with E-state index < -0.39 is 0 Å². The third-order valence-corrected chi connectivity index (χ3v) is 10.6. The van der Waals surface area contributed by atoms with E-state index in [2.05, 4.69) is 53.3 Å². The number of morpholine rings is 1. The second-order valence-electron chi connectivity index (χ2n) is 14.6. The van der Waals surface area contributed by atoms with Crippen molar-refractivity contribution >= 4 is 17.1 Å². The van der Waals surface area contributed by atoms with Crippen molar-refractivity contribution in [3.05, 3.63) is 65.0 Å². The summed E-state index contributed by atoms with van der Waals surface area (Å²) in [5, 5.41) is 3.66. The molecule has 0 unspecified atom stereocenters. The third-order valence-electron chi connectivity index (χ3n) is 10.6. The molecule has 9 nitrogen and oxygen atoms in total. The molecular weight excluding hydrogens is 583 g/mol. The number of imidazole rings is 1. The van der Waals surface area contributed by atoms with E-state index in [0.29, 0.717) is 37.5 Å². The Morgan fingerprint density at radius 2 is 1.87 bits per heavy atom. The summed E-state index contributed by atoms with van der Waals surface area (Å²) in [7, 11) is 0. The molecule has 0 radical (unpaired) electrons. The number of fused-ring (bicyclic) bond motifs is 3. The van der Waals surface area contributed by atoms with E-state index in [-0.39, 0.29) is 23.2 Å². The number of benzene rings is 1. The van der Waals surface area contributed by atoms with Gasteiger partial charge < -0.3 is 19.7 Å². The zero-order valence-corrected chi connectivity index (χ0v) is 27.8. The van der Waals surface area contributed by atoms with Gasteiger partial charge in [-0.25, -0.2) is 9.37 Å². The van der Waals surface area contributed by atoms with E-state index in [9.17, 15) is 9.18 Å². The van der Waals surface area contributed by atoms with E-state index >= 15 is 0 Å². The molecule has 4 aliphatic rings. The maximum atomic E-state index is 14.5. The maximum Gasteiger partial charge on any atom is 0.241 e. The lowest BCUT2D eigenvalue weighted by Gasteiger charge is -2.43. The number of hydrogen-bond donors (Lipinski definition) is 1. The highest BCUT2D eigenvalue weighted by Crippen LogP contribution is 2.44. The van der Waals surface area contributed by atoms with Crippen LogP contribution in [-0.4, -0.2) is 109 Å². The Kier molecular flexibility index (Phi) is 8.93. The van der Waals surface area contributed by atoms with Gasteiger partial charge in [0.15, 0.2) is 0 Å². The monoisotopic (exact) mass is 632 g/mol. The van der Waals surface area contributed by atoms with Crippen LogP contribution in [0.2, 0.25) is 0 Å². The van der Waals surface area contributed by atoms with Crippen LogP contribution in [0.25, 0.3) is 5.52 Å². The number of anilines is 1. The lowest BCUT2D eigenvalue weighted by molar-refractivity contribution is -0.121. The summed E-state index contributed by atoms with van der Waals surface area (Å²) in [5.74, 6) is 1.26. The van der Waals surface area contributed by atoms with Gasteiger partial charge >= 0.3 is 0 Å². The minimum absolute atomic E-state index is 0.140. The Labute approximate surface area is 272 Å². The van der Waals surface area contributed by atoms with Crippen molar-refractivity contribution in [1.82, 2.24) is 24.5 Å². The molecule has 4 aliphatic heterocycles. The minimum Gasteiger partial charge on any atom is -0.381 e. The molecule has 6 heterocycles. The van der Waals surface area contributed by atoms with Crippen LogP contribution in [0, 0.1) is 5.82 Å². The van der Waals surface area contributed by atoms with Gasteiger partial charge in [0.05, 0.1) is 42.9 Å². The summed E-state index contributed by atoms with van der Waals surface area (Å²) in [5.41, 5.74) is 5.07. The van der Waals surface area contributed by atoms with Crippen molar-refractivity contribution in [2.24, 2.45) is 0 Å². The Bertz CT molecular complexity index is 1550. The first-order chi connectivity index (χ1) is 22.2. The van der Waals surface area contributed by atoms with Gasteiger partial charge in [0.1, 0.15) is 11.6 Å². The van der Waals surface area contributed by atoms with Gasteiger partial charge in [-0.15, -0.1) is 0 Å². The number of pyridine rings is 1. The number of rotatable bonds is 7. The van der Waals surface area contributed by atoms with E-state index in [1.54, 1.807) is 0 Å². The van der Waals surface area contributed by atoms with E-state index in [4.69, 9.17) is 14.5 Å². The number of carbonyl (C=O) groups is 1. The van der Waals surface area contributed by atoms with E-state index in [1.165, 1.54) is 12.1 Å². The van der Waals surface area contributed by atoms with Crippen LogP contribution in [0.5, 0.6) is 0 Å². The summed E-state index contributed by atoms with van der Waals surface area (Å²) >= 11 is 0. The molecule has 2 aromatic heterocycles. The van der Waals surface area contributed by atoms with Crippen molar-refractivity contribution in [1.29, 1.82) is 0 Å². The molecule has 0 bridgehead atoms. The third kappa shape index (κ3) is 6.22. The summed E-state index contributed by atoms with van der Waals surface area (Å²) < 4.78 is 27.6. The highest BCUT2D eigenvalue weighted by Gasteiger charge is 2.43. The average molecular weight is 633 g/mol. The Hall–Kier alpha value is -2.89. The van der Waals surface area contributed by atoms with Crippen molar-refractivity contribution in [2.75, 3.05) is 70.6 Å². The molecule has 46 heavy (non-hydrogen) atoms. The second-order valence-corrected chi connectivity index (χ2v) is 14.6. The summed E-state index contributed by atoms with van der Waals surface area (Å²) in [6.45, 7) is 16.5. The maximum absolute atomic E-state index is 14.5. The van der Waals surface area contributed by atoms with E-state index in [1.807, 2.05) is 23.2 Å². The fraction of sp³-hybridized carbons (Fsp3) is 0.611. The van der Waals surface area contributed by atoms with Crippen LogP contribution >= 0.6 is 0 Å². The van der Waals surface area contributed by atoms with Gasteiger partial charge in [-0.3, -0.25) is 19.0 Å². The Morgan fingerprint density at radius 1 is 1.09 bits per heavy atom. The zero-order valence-electron chi connectivity index (χ0n) is 27.8. The van der Waals surface area contributed by atoms with Crippen molar-refractivity contribution in [3.63, 3.8) is 0 Å². The van der Waals surface area contributed by atoms with Crippen LogP contribution in [-0.2, 0) is 26.1 Å². The predicted molar refractivity (Wildman–Crippen MR) is 177 cm³/mol. The predicted octanol–water partition coefficient (Wildman–Crippen LogP) is 3.97. The highest BCUT2D eigenvalue weighted by molar-refractivity contribution is 5.98. The molecule has 0 saturated carbocycles. The van der Waals surface area contributed by atoms with Crippen molar-refractivity contribution < 1.29 is 18.7 Å². The molecule has 0 spiro atoms. The molecular formula is C36H49FN6O3. The normalized spacial score (nSPS) is 26.1. The van der Waals surface area contributed by atoms with Gasteiger partial charge in [-0.05, 0) is 62.4 Å². The largest absolute Gasteiger partial charge is 0.381 e. The van der Waals surface area contributed by atoms with Crippen LogP contribution in [0.15, 0.2) is 36.5 Å². The number of amides is 1. The molecule has 10 heteroatoms. The molecule has 1 aromatic carbocycles. The number of ether oxygens (including phenoxy) is 2. The van der Waals surface area contributed by atoms with Crippen LogP contribution in [0.3, 0.4) is 0 Å². The minimum atomic E-state index is -0.266. The Balaban J connectivity index is 1.24. The molecule has 3 saturated heterocycles. The molecule has 1 amide bonds. The molecule has 248 valence electrons. The molecule has 1 N–H and O–H groups in total. The van der Waals surface area contributed by atoms with Gasteiger partial charge in [-0.2, -0.15) is 0 Å². The quantitative estimate of drug-likeness (QED) is 0.423. The summed E-state index contributed by atoms with van der Waals surface area (Å²) in [4.78, 5) is 26.5. The molecule has 0 aliphatic carbocycles. The average Bonchev–Trinajstić information content (AvgIpc) is 3.59. The van der Waals surface area contributed by atoms with Gasteiger partial charge in [0.25, 0.3) is 0 Å². The lowest BCUT2D eigenvalue weighted by atomic mass is 9.89. The topological polar surface area (TPSA) is 74.6 Å². The first-order valence-electron chi connectivity index (χ1n) is 17.1. The van der Waals surface area contributed by atoms with Gasteiger partial charge in [-0.1, -0.05) is 26.0 Å². The lowest BCUT2D eigenvalue weighted by Crippen LogP contribution is -2.62. The number of carbonyl (C=O) groups excluding carboxylic acids is 1. The first kappa shape index (κ1) is 31.7. The van der Waals surface area contributed by atoms with Crippen LogP contribution in [0.4, 0.5) is 10.1 Å². The first-order valence-corrected chi connectivity index (χ1v) is 17.1. The zero-order chi connectivity index (χ0) is 32.0. The number of nitrogens with one attached hydrogen (secondary N) is 1. The van der Waals surface area contributed by atoms with Gasteiger partial charge in [0, 0.05) is 75.4 Å². The van der Waals surface area contributed by atoms with Gasteiger partial charge in [0.2, 0.25) is 5.91 Å². The number of hydrogen-bond acceptors (Lipinski definition) is 7. The van der Waals surface area contributed by atoms with E-state index in [0.717, 1.165) is 99.3 Å². The van der Waals surface area contributed by atoms with Crippen molar-refractivity contribution in [3.8, 4) is 0 Å². The summed E-state index contributed by atoms with van der Waals surface area (Å²) in [6.07, 6.45) is 4.50.